The van der Waals surface area contributed by atoms with Crippen LogP contribution in [0.15, 0.2) is 41.5 Å². The van der Waals surface area contributed by atoms with Gasteiger partial charge in [0.1, 0.15) is 6.54 Å². The molecule has 0 radical (unpaired) electrons. The Kier molecular flexibility index (Phi) is 4.52. The molecule has 3 heterocycles. The van der Waals surface area contributed by atoms with Gasteiger partial charge in [0.05, 0.1) is 11.7 Å². The zero-order valence-electron chi connectivity index (χ0n) is 12.1. The zero-order valence-corrected chi connectivity index (χ0v) is 13.0. The number of hydrogen-bond donors (Lipinski definition) is 1. The number of nitrogens with one attached hydrogen (secondary N) is 1. The van der Waals surface area contributed by atoms with Gasteiger partial charge in [0.15, 0.2) is 0 Å². The third-order valence-corrected chi connectivity index (χ3v) is 4.42. The van der Waals surface area contributed by atoms with Gasteiger partial charge in [-0.3, -0.25) is 19.4 Å². The van der Waals surface area contributed by atoms with E-state index in [1.165, 1.54) is 17.8 Å². The van der Waals surface area contributed by atoms with Crippen LogP contribution in [-0.4, -0.2) is 37.6 Å². The van der Waals surface area contributed by atoms with Crippen molar-refractivity contribution in [3.8, 4) is 11.3 Å². The van der Waals surface area contributed by atoms with Gasteiger partial charge >= 0.3 is 0 Å². The van der Waals surface area contributed by atoms with Gasteiger partial charge in [-0.1, -0.05) is 11.8 Å². The van der Waals surface area contributed by atoms with Gasteiger partial charge in [-0.2, -0.15) is 5.10 Å². The van der Waals surface area contributed by atoms with Gasteiger partial charge < -0.3 is 5.32 Å². The summed E-state index contributed by atoms with van der Waals surface area (Å²) < 4.78 is 1.09. The second-order valence-corrected chi connectivity index (χ2v) is 6.13. The van der Waals surface area contributed by atoms with E-state index in [1.54, 1.807) is 30.6 Å². The van der Waals surface area contributed by atoms with Crippen LogP contribution in [0.25, 0.3) is 11.3 Å². The van der Waals surface area contributed by atoms with Crippen LogP contribution >= 0.6 is 11.8 Å². The molecule has 0 bridgehead atoms. The number of carbonyl (C=O) groups is 2. The van der Waals surface area contributed by atoms with E-state index in [-0.39, 0.29) is 17.2 Å². The number of nitrogens with zero attached hydrogens (tertiary/aromatic N) is 3. The summed E-state index contributed by atoms with van der Waals surface area (Å²) in [6.45, 7) is -0.216. The van der Waals surface area contributed by atoms with Crippen molar-refractivity contribution < 1.29 is 9.59 Å². The third kappa shape index (κ3) is 3.65. The van der Waals surface area contributed by atoms with Crippen molar-refractivity contribution in [2.24, 2.45) is 0 Å². The normalized spacial score (nSPS) is 17.2. The summed E-state index contributed by atoms with van der Waals surface area (Å²) in [7, 11) is 0. The Bertz CT molecular complexity index is 791. The van der Waals surface area contributed by atoms with Crippen molar-refractivity contribution in [1.29, 1.82) is 0 Å². The third-order valence-electron chi connectivity index (χ3n) is 3.41. The minimum Gasteiger partial charge on any atom is -0.344 e. The lowest BCUT2D eigenvalue weighted by Gasteiger charge is -2.11. The van der Waals surface area contributed by atoms with E-state index in [1.807, 2.05) is 0 Å². The highest BCUT2D eigenvalue weighted by molar-refractivity contribution is 8.14. The van der Waals surface area contributed by atoms with Crippen LogP contribution in [0.5, 0.6) is 0 Å². The first-order chi connectivity index (χ1) is 11.1. The van der Waals surface area contributed by atoms with Crippen molar-refractivity contribution in [1.82, 2.24) is 20.1 Å². The minimum absolute atomic E-state index is 0.0378. The molecule has 2 aromatic rings. The van der Waals surface area contributed by atoms with E-state index in [9.17, 15) is 14.4 Å². The number of thioether (sulfide) groups is 1. The average Bonchev–Trinajstić information content (AvgIpc) is 2.95. The number of amides is 1. The molecular formula is C15H14N4O3S. The second-order valence-electron chi connectivity index (χ2n) is 5.03. The van der Waals surface area contributed by atoms with Crippen molar-refractivity contribution in [3.63, 3.8) is 0 Å². The molecule has 0 saturated carbocycles. The lowest BCUT2D eigenvalue weighted by molar-refractivity contribution is -0.125. The molecule has 2 aromatic heterocycles. The highest BCUT2D eigenvalue weighted by Gasteiger charge is 2.26. The smallest absolute Gasteiger partial charge is 0.267 e. The summed E-state index contributed by atoms with van der Waals surface area (Å²) in [6, 6.07) is 6.04. The van der Waals surface area contributed by atoms with Crippen LogP contribution < -0.4 is 10.9 Å². The van der Waals surface area contributed by atoms with E-state index in [4.69, 9.17) is 0 Å². The number of aromatic nitrogens is 3. The van der Waals surface area contributed by atoms with Gasteiger partial charge in [-0.15, -0.1) is 0 Å². The summed E-state index contributed by atoms with van der Waals surface area (Å²) >= 11 is 1.21. The molecule has 1 saturated heterocycles. The molecule has 1 aliphatic rings. The topological polar surface area (TPSA) is 93.9 Å². The molecule has 3 rings (SSSR count). The number of pyridine rings is 1. The van der Waals surface area contributed by atoms with E-state index >= 15 is 0 Å². The minimum atomic E-state index is -0.466. The highest BCUT2D eigenvalue weighted by Crippen LogP contribution is 2.19. The number of rotatable bonds is 4. The molecule has 7 nitrogen and oxygen atoms in total. The van der Waals surface area contributed by atoms with Crippen LogP contribution in [0, 0.1) is 0 Å². The molecule has 1 aliphatic heterocycles. The Labute approximate surface area is 136 Å². The van der Waals surface area contributed by atoms with Crippen LogP contribution in [-0.2, 0) is 16.1 Å². The fourth-order valence-corrected chi connectivity index (χ4v) is 3.17. The molecule has 1 unspecified atom stereocenters. The molecule has 0 aliphatic carbocycles. The molecule has 23 heavy (non-hydrogen) atoms. The molecule has 1 amide bonds. The quantitative estimate of drug-likeness (QED) is 0.875. The van der Waals surface area contributed by atoms with Crippen molar-refractivity contribution >= 4 is 22.8 Å². The highest BCUT2D eigenvalue weighted by atomic mass is 32.2. The van der Waals surface area contributed by atoms with E-state index in [2.05, 4.69) is 15.4 Å². The molecule has 118 valence electrons. The monoisotopic (exact) mass is 330 g/mol. The van der Waals surface area contributed by atoms with Gasteiger partial charge in [0.25, 0.3) is 5.56 Å². The predicted molar refractivity (Wildman–Crippen MR) is 85.7 cm³/mol. The molecule has 8 heteroatoms. The standard InChI is InChI=1S/C15H14N4O3S/c20-13(17-12-5-8-23-15(12)22)9-19-14(21)2-1-11(18-19)10-3-6-16-7-4-10/h1-4,6-7,12H,5,8-9H2,(H,17,20). The summed E-state index contributed by atoms with van der Waals surface area (Å²) in [5.74, 6) is 0.312. The number of hydrogen-bond acceptors (Lipinski definition) is 6. The molecule has 0 aromatic carbocycles. The van der Waals surface area contributed by atoms with Gasteiger partial charge in [-0.25, -0.2) is 4.68 Å². The van der Waals surface area contributed by atoms with Gasteiger partial charge in [-0.05, 0) is 24.6 Å². The Morgan fingerprint density at radius 3 is 2.74 bits per heavy atom. The van der Waals surface area contributed by atoms with Crippen LogP contribution in [0.3, 0.4) is 0 Å². The van der Waals surface area contributed by atoms with Crippen LogP contribution in [0.2, 0.25) is 0 Å². The Balaban J connectivity index is 1.76. The fourth-order valence-electron chi connectivity index (χ4n) is 2.24. The first-order valence-corrected chi connectivity index (χ1v) is 8.06. The first kappa shape index (κ1) is 15.4. The van der Waals surface area contributed by atoms with E-state index < -0.39 is 11.9 Å². The van der Waals surface area contributed by atoms with Gasteiger partial charge in [0, 0.05) is 29.8 Å². The molecular weight excluding hydrogens is 316 g/mol. The summed E-state index contributed by atoms with van der Waals surface area (Å²) in [4.78, 5) is 39.4. The molecule has 1 atom stereocenters. The maximum Gasteiger partial charge on any atom is 0.267 e. The summed E-state index contributed by atoms with van der Waals surface area (Å²) in [6.07, 6.45) is 3.87. The van der Waals surface area contributed by atoms with Crippen molar-refractivity contribution in [2.75, 3.05) is 5.75 Å². The van der Waals surface area contributed by atoms with Crippen LogP contribution in [0.4, 0.5) is 0 Å². The predicted octanol–water partition coefficient (Wildman–Crippen LogP) is 0.454. The zero-order chi connectivity index (χ0) is 16.2. The van der Waals surface area contributed by atoms with Crippen LogP contribution in [0.1, 0.15) is 6.42 Å². The number of carbonyl (C=O) groups excluding carboxylic acids is 2. The lowest BCUT2D eigenvalue weighted by atomic mass is 10.2. The van der Waals surface area contributed by atoms with Crippen molar-refractivity contribution in [3.05, 3.63) is 47.0 Å². The average molecular weight is 330 g/mol. The lowest BCUT2D eigenvalue weighted by Crippen LogP contribution is -2.41. The Morgan fingerprint density at radius 1 is 1.26 bits per heavy atom. The summed E-state index contributed by atoms with van der Waals surface area (Å²) in [5.41, 5.74) is 1.01. The maximum atomic E-state index is 12.0. The molecule has 0 spiro atoms. The van der Waals surface area contributed by atoms with E-state index in [0.29, 0.717) is 17.9 Å². The maximum absolute atomic E-state index is 12.0. The van der Waals surface area contributed by atoms with Gasteiger partial charge in [0.2, 0.25) is 11.0 Å². The largest absolute Gasteiger partial charge is 0.344 e. The molecule has 1 fully saturated rings. The van der Waals surface area contributed by atoms with E-state index in [0.717, 1.165) is 10.2 Å². The van der Waals surface area contributed by atoms with Crippen molar-refractivity contribution in [2.45, 2.75) is 19.0 Å². The Hall–Kier alpha value is -2.48. The SMILES string of the molecule is O=C(Cn1nc(-c2ccncc2)ccc1=O)NC1CCSC1=O. The molecule has 1 N–H and O–H groups in total. The second kappa shape index (κ2) is 6.74. The fraction of sp³-hybridized carbons (Fsp3) is 0.267. The Morgan fingerprint density at radius 2 is 2.04 bits per heavy atom. The summed E-state index contributed by atoms with van der Waals surface area (Å²) in [5, 5.41) is 6.81. The first-order valence-electron chi connectivity index (χ1n) is 7.08.